The molecule has 6 nitrogen and oxygen atoms in total. The summed E-state index contributed by atoms with van der Waals surface area (Å²) >= 11 is 6.14. The molecule has 0 spiro atoms. The van der Waals surface area contributed by atoms with Crippen molar-refractivity contribution in [3.63, 3.8) is 0 Å². The van der Waals surface area contributed by atoms with Crippen LogP contribution in [0.5, 0.6) is 11.5 Å². The molecule has 2 saturated carbocycles. The summed E-state index contributed by atoms with van der Waals surface area (Å²) in [5, 5.41) is 6.88. The van der Waals surface area contributed by atoms with Crippen LogP contribution in [0.2, 0.25) is 5.02 Å². The van der Waals surface area contributed by atoms with Gasteiger partial charge in [0.1, 0.15) is 0 Å². The molecule has 188 valence electrons. The number of carbonyl (C=O) groups excluding carboxylic acids is 1. The minimum atomic E-state index is -0.161. The van der Waals surface area contributed by atoms with Crippen LogP contribution in [-0.4, -0.2) is 50.3 Å². The van der Waals surface area contributed by atoms with Gasteiger partial charge in [-0.25, -0.2) is 4.79 Å². The fourth-order valence-corrected chi connectivity index (χ4v) is 6.35. The van der Waals surface area contributed by atoms with E-state index in [2.05, 4.69) is 27.7 Å². The zero-order valence-corrected chi connectivity index (χ0v) is 21.7. The van der Waals surface area contributed by atoms with Crippen molar-refractivity contribution >= 4 is 23.3 Å². The number of hydrogen-bond acceptors (Lipinski definition) is 4. The van der Waals surface area contributed by atoms with Crippen molar-refractivity contribution in [1.82, 2.24) is 10.2 Å². The van der Waals surface area contributed by atoms with Gasteiger partial charge in [-0.1, -0.05) is 23.7 Å². The standard InChI is InChI=1S/C28H36ClN3O3/c1-18-4-8-21(29)15-23(18)31-27(33)30-22-10-11-28(20-7-9-24(34-2)25(14-20)35-3)12-13-32(26(28)16-22)17-19-5-6-19/h4,7-9,14-15,19,22,26H,5-6,10-13,16-17H2,1-3H3,(H2,30,31,33). The van der Waals surface area contributed by atoms with Crippen molar-refractivity contribution in [2.45, 2.75) is 62.9 Å². The summed E-state index contributed by atoms with van der Waals surface area (Å²) in [7, 11) is 3.38. The van der Waals surface area contributed by atoms with Crippen LogP contribution in [0.15, 0.2) is 36.4 Å². The molecular formula is C28H36ClN3O3. The molecular weight excluding hydrogens is 462 g/mol. The van der Waals surface area contributed by atoms with Crippen LogP contribution >= 0.6 is 11.6 Å². The van der Waals surface area contributed by atoms with Gasteiger partial charge >= 0.3 is 6.03 Å². The Hall–Kier alpha value is -2.44. The van der Waals surface area contributed by atoms with Gasteiger partial charge in [0.2, 0.25) is 0 Å². The Kier molecular flexibility index (Phi) is 6.86. The molecule has 2 aromatic carbocycles. The van der Waals surface area contributed by atoms with Gasteiger partial charge in [0.15, 0.2) is 11.5 Å². The highest BCUT2D eigenvalue weighted by Gasteiger charge is 2.52. The number of nitrogens with one attached hydrogen (secondary N) is 2. The number of methoxy groups -OCH3 is 2. The number of likely N-dealkylation sites (tertiary alicyclic amines) is 1. The Bertz CT molecular complexity index is 1090. The summed E-state index contributed by atoms with van der Waals surface area (Å²) in [5.74, 6) is 2.38. The largest absolute Gasteiger partial charge is 0.493 e. The summed E-state index contributed by atoms with van der Waals surface area (Å²) in [6.45, 7) is 4.24. The summed E-state index contributed by atoms with van der Waals surface area (Å²) < 4.78 is 11.1. The summed E-state index contributed by atoms with van der Waals surface area (Å²) in [5.41, 5.74) is 3.15. The average molecular weight is 498 g/mol. The Morgan fingerprint density at radius 1 is 1.09 bits per heavy atom. The number of urea groups is 1. The first-order valence-corrected chi connectivity index (χ1v) is 13.1. The van der Waals surface area contributed by atoms with Crippen LogP contribution < -0.4 is 20.1 Å². The SMILES string of the molecule is COc1ccc(C23CCC(NC(=O)Nc4cc(Cl)ccc4C)CC2N(CC2CC2)CC3)cc1OC. The van der Waals surface area contributed by atoms with Crippen molar-refractivity contribution in [1.29, 1.82) is 0 Å². The number of halogens is 1. The quantitative estimate of drug-likeness (QED) is 0.510. The molecule has 2 aliphatic carbocycles. The number of aryl methyl sites for hydroxylation is 1. The lowest BCUT2D eigenvalue weighted by atomic mass is 9.65. The molecule has 3 unspecified atom stereocenters. The van der Waals surface area contributed by atoms with Crippen LogP contribution in [0.4, 0.5) is 10.5 Å². The number of anilines is 1. The van der Waals surface area contributed by atoms with E-state index in [9.17, 15) is 4.79 Å². The number of nitrogens with zero attached hydrogens (tertiary/aromatic N) is 1. The number of rotatable bonds is 7. The second-order valence-electron chi connectivity index (χ2n) is 10.5. The second-order valence-corrected chi connectivity index (χ2v) is 10.9. The van der Waals surface area contributed by atoms with Crippen molar-refractivity contribution in [2.24, 2.45) is 5.92 Å². The van der Waals surface area contributed by atoms with Gasteiger partial charge in [-0.3, -0.25) is 4.90 Å². The number of fused-ring (bicyclic) bond motifs is 1. The molecule has 7 heteroatoms. The van der Waals surface area contributed by atoms with Crippen molar-refractivity contribution < 1.29 is 14.3 Å². The van der Waals surface area contributed by atoms with Crippen molar-refractivity contribution in [3.05, 3.63) is 52.5 Å². The van der Waals surface area contributed by atoms with Crippen LogP contribution in [0, 0.1) is 12.8 Å². The van der Waals surface area contributed by atoms with Gasteiger partial charge < -0.3 is 20.1 Å². The number of hydrogen-bond donors (Lipinski definition) is 2. The first kappa shape index (κ1) is 24.3. The van der Waals surface area contributed by atoms with E-state index in [4.69, 9.17) is 21.1 Å². The predicted octanol–water partition coefficient (Wildman–Crippen LogP) is 5.76. The molecule has 1 aliphatic heterocycles. The van der Waals surface area contributed by atoms with Crippen LogP contribution in [-0.2, 0) is 5.41 Å². The van der Waals surface area contributed by atoms with Crippen molar-refractivity contribution in [2.75, 3.05) is 32.6 Å². The fourth-order valence-electron chi connectivity index (χ4n) is 6.18. The first-order chi connectivity index (χ1) is 16.9. The second kappa shape index (κ2) is 9.90. The lowest BCUT2D eigenvalue weighted by Gasteiger charge is -2.45. The third-order valence-corrected chi connectivity index (χ3v) is 8.54. The van der Waals surface area contributed by atoms with E-state index >= 15 is 0 Å². The van der Waals surface area contributed by atoms with E-state index in [0.717, 1.165) is 60.9 Å². The van der Waals surface area contributed by atoms with Crippen LogP contribution in [0.1, 0.15) is 49.7 Å². The number of benzene rings is 2. The van der Waals surface area contributed by atoms with E-state index in [1.54, 1.807) is 20.3 Å². The van der Waals surface area contributed by atoms with Gasteiger partial charge in [0, 0.05) is 34.8 Å². The maximum Gasteiger partial charge on any atom is 0.319 e. The van der Waals surface area contributed by atoms with E-state index < -0.39 is 0 Å². The van der Waals surface area contributed by atoms with E-state index in [-0.39, 0.29) is 17.5 Å². The van der Waals surface area contributed by atoms with Gasteiger partial charge in [0.05, 0.1) is 14.2 Å². The maximum atomic E-state index is 12.9. The molecule has 2 N–H and O–H groups in total. The molecule has 3 atom stereocenters. The molecule has 0 bridgehead atoms. The molecule has 1 saturated heterocycles. The highest BCUT2D eigenvalue weighted by atomic mass is 35.5. The fraction of sp³-hybridized carbons (Fsp3) is 0.536. The lowest BCUT2D eigenvalue weighted by molar-refractivity contribution is 0.132. The number of ether oxygens (including phenoxy) is 2. The number of amides is 2. The monoisotopic (exact) mass is 497 g/mol. The number of carbonyl (C=O) groups is 1. The van der Waals surface area contributed by atoms with Crippen LogP contribution in [0.25, 0.3) is 0 Å². The zero-order chi connectivity index (χ0) is 24.6. The van der Waals surface area contributed by atoms with E-state index in [1.165, 1.54) is 24.9 Å². The molecule has 0 aromatic heterocycles. The highest BCUT2D eigenvalue weighted by Crippen LogP contribution is 2.51. The van der Waals surface area contributed by atoms with E-state index in [0.29, 0.717) is 11.1 Å². The van der Waals surface area contributed by atoms with Gasteiger partial charge in [-0.2, -0.15) is 0 Å². The Balaban J connectivity index is 1.34. The van der Waals surface area contributed by atoms with Gasteiger partial charge in [-0.05, 0) is 93.3 Å². The molecule has 5 rings (SSSR count). The third kappa shape index (κ3) is 4.96. The van der Waals surface area contributed by atoms with Crippen molar-refractivity contribution in [3.8, 4) is 11.5 Å². The predicted molar refractivity (Wildman–Crippen MR) is 140 cm³/mol. The maximum absolute atomic E-state index is 12.9. The molecule has 3 fully saturated rings. The minimum Gasteiger partial charge on any atom is -0.493 e. The van der Waals surface area contributed by atoms with Gasteiger partial charge in [-0.15, -0.1) is 0 Å². The first-order valence-electron chi connectivity index (χ1n) is 12.7. The third-order valence-electron chi connectivity index (χ3n) is 8.30. The van der Waals surface area contributed by atoms with Crippen LogP contribution in [0.3, 0.4) is 0 Å². The topological polar surface area (TPSA) is 62.8 Å². The zero-order valence-electron chi connectivity index (χ0n) is 20.9. The molecule has 2 amide bonds. The summed E-state index contributed by atoms with van der Waals surface area (Å²) in [6.07, 6.45) is 6.76. The Morgan fingerprint density at radius 3 is 2.63 bits per heavy atom. The summed E-state index contributed by atoms with van der Waals surface area (Å²) in [6, 6.07) is 12.4. The summed E-state index contributed by atoms with van der Waals surface area (Å²) in [4.78, 5) is 15.6. The molecule has 3 aliphatic rings. The molecule has 2 aromatic rings. The lowest BCUT2D eigenvalue weighted by Crippen LogP contribution is -2.53. The van der Waals surface area contributed by atoms with E-state index in [1.807, 2.05) is 25.1 Å². The molecule has 0 radical (unpaired) electrons. The normalized spacial score (nSPS) is 26.2. The molecule has 35 heavy (non-hydrogen) atoms. The molecule has 1 heterocycles. The minimum absolute atomic E-state index is 0.0760. The smallest absolute Gasteiger partial charge is 0.319 e. The Morgan fingerprint density at radius 2 is 1.89 bits per heavy atom. The highest BCUT2D eigenvalue weighted by molar-refractivity contribution is 6.31. The average Bonchev–Trinajstić information content (AvgIpc) is 3.61. The van der Waals surface area contributed by atoms with Gasteiger partial charge in [0.25, 0.3) is 0 Å². The Labute approximate surface area is 213 Å².